The number of aromatic nitrogens is 1. The Balaban J connectivity index is 2.52. The third-order valence-corrected chi connectivity index (χ3v) is 3.92. The molecule has 0 aliphatic heterocycles. The fourth-order valence-electron chi connectivity index (χ4n) is 2.57. The number of carbonyl (C=O) groups is 1. The summed E-state index contributed by atoms with van der Waals surface area (Å²) < 4.78 is 1.95. The number of aromatic carboxylic acids is 1. The highest BCUT2D eigenvalue weighted by atomic mass is 16.4. The van der Waals surface area contributed by atoms with E-state index in [1.54, 1.807) is 24.3 Å². The molecule has 1 aromatic heterocycles. The van der Waals surface area contributed by atoms with E-state index in [1.165, 1.54) is 0 Å². The van der Waals surface area contributed by atoms with E-state index in [0.717, 1.165) is 23.4 Å². The van der Waals surface area contributed by atoms with Crippen LogP contribution >= 0.6 is 0 Å². The van der Waals surface area contributed by atoms with Gasteiger partial charge in [-0.2, -0.15) is 5.26 Å². The molecule has 0 radical (unpaired) electrons. The highest BCUT2D eigenvalue weighted by Gasteiger charge is 2.18. The molecule has 0 saturated carbocycles. The summed E-state index contributed by atoms with van der Waals surface area (Å²) in [6, 6.07) is 8.93. The summed E-state index contributed by atoms with van der Waals surface area (Å²) in [7, 11) is 0. The van der Waals surface area contributed by atoms with Gasteiger partial charge in [0.1, 0.15) is 6.07 Å². The van der Waals surface area contributed by atoms with Crippen LogP contribution < -0.4 is 0 Å². The van der Waals surface area contributed by atoms with Gasteiger partial charge >= 0.3 is 5.97 Å². The molecule has 0 aliphatic rings. The topological polar surface area (TPSA) is 66.0 Å². The first-order valence-electron chi connectivity index (χ1n) is 6.95. The zero-order valence-electron chi connectivity index (χ0n) is 12.4. The third kappa shape index (κ3) is 2.68. The molecule has 1 unspecified atom stereocenters. The van der Waals surface area contributed by atoms with Crippen molar-refractivity contribution < 1.29 is 9.90 Å². The summed E-state index contributed by atoms with van der Waals surface area (Å²) in [5.74, 6) is -0.622. The van der Waals surface area contributed by atoms with Crippen LogP contribution in [0.1, 0.15) is 53.4 Å². The van der Waals surface area contributed by atoms with Crippen LogP contribution in [0.15, 0.2) is 30.5 Å². The first-order valence-corrected chi connectivity index (χ1v) is 6.95. The second-order valence-electron chi connectivity index (χ2n) is 5.18. The minimum Gasteiger partial charge on any atom is -0.478 e. The second kappa shape index (κ2) is 5.84. The van der Waals surface area contributed by atoms with Crippen LogP contribution in [0.4, 0.5) is 0 Å². The third-order valence-electron chi connectivity index (χ3n) is 3.92. The van der Waals surface area contributed by atoms with Crippen molar-refractivity contribution in [2.24, 2.45) is 0 Å². The van der Waals surface area contributed by atoms with Crippen molar-refractivity contribution in [3.05, 3.63) is 52.8 Å². The van der Waals surface area contributed by atoms with Gasteiger partial charge in [-0.15, -0.1) is 0 Å². The van der Waals surface area contributed by atoms with Crippen molar-refractivity contribution in [2.45, 2.75) is 33.1 Å². The van der Waals surface area contributed by atoms with Crippen LogP contribution in [0.25, 0.3) is 5.69 Å². The van der Waals surface area contributed by atoms with Gasteiger partial charge in [-0.3, -0.25) is 0 Å². The lowest BCUT2D eigenvalue weighted by molar-refractivity contribution is 0.0697. The Bertz CT molecular complexity index is 706. The highest BCUT2D eigenvalue weighted by Crippen LogP contribution is 2.29. The summed E-state index contributed by atoms with van der Waals surface area (Å²) in [6.45, 7) is 6.21. The van der Waals surface area contributed by atoms with Crippen LogP contribution in [0.3, 0.4) is 0 Å². The standard InChI is InChI=1S/C17H18N2O2/c1-4-11(2)16-12(3)19(10-14(16)9-18)15-7-5-13(6-8-15)17(20)21/h5-8,10-11H,4H2,1-3H3,(H,20,21). The van der Waals surface area contributed by atoms with Gasteiger partial charge in [0.25, 0.3) is 0 Å². The summed E-state index contributed by atoms with van der Waals surface area (Å²) in [4.78, 5) is 10.9. The molecule has 4 heteroatoms. The molecule has 21 heavy (non-hydrogen) atoms. The number of carboxylic acid groups (broad SMARTS) is 1. The van der Waals surface area contributed by atoms with E-state index in [2.05, 4.69) is 19.9 Å². The maximum atomic E-state index is 10.9. The average Bonchev–Trinajstić information content (AvgIpc) is 2.83. The Morgan fingerprint density at radius 3 is 2.48 bits per heavy atom. The molecule has 4 nitrogen and oxygen atoms in total. The predicted octanol–water partition coefficient (Wildman–Crippen LogP) is 3.87. The number of nitriles is 1. The fourth-order valence-corrected chi connectivity index (χ4v) is 2.57. The Morgan fingerprint density at radius 1 is 1.38 bits per heavy atom. The smallest absolute Gasteiger partial charge is 0.335 e. The van der Waals surface area contributed by atoms with E-state index >= 15 is 0 Å². The summed E-state index contributed by atoms with van der Waals surface area (Å²) in [6.07, 6.45) is 2.80. The van der Waals surface area contributed by atoms with Crippen molar-refractivity contribution in [1.29, 1.82) is 5.26 Å². The summed E-state index contributed by atoms with van der Waals surface area (Å²) in [5.41, 5.74) is 3.91. The molecule has 2 aromatic rings. The summed E-state index contributed by atoms with van der Waals surface area (Å²) >= 11 is 0. The fraction of sp³-hybridized carbons (Fsp3) is 0.294. The molecule has 1 atom stereocenters. The average molecular weight is 282 g/mol. The Labute approximate surface area is 124 Å². The van der Waals surface area contributed by atoms with Crippen molar-refractivity contribution >= 4 is 5.97 Å². The minimum atomic E-state index is -0.941. The SMILES string of the molecule is CCC(C)c1c(C#N)cn(-c2ccc(C(=O)O)cc2)c1C. The summed E-state index contributed by atoms with van der Waals surface area (Å²) in [5, 5.41) is 18.3. The first kappa shape index (κ1) is 14.9. The molecule has 0 aliphatic carbocycles. The number of rotatable bonds is 4. The lowest BCUT2D eigenvalue weighted by Gasteiger charge is -2.11. The van der Waals surface area contributed by atoms with Crippen molar-refractivity contribution in [1.82, 2.24) is 4.57 Å². The zero-order valence-corrected chi connectivity index (χ0v) is 12.4. The molecule has 0 saturated heterocycles. The maximum Gasteiger partial charge on any atom is 0.335 e. The van der Waals surface area contributed by atoms with Gasteiger partial charge in [0, 0.05) is 17.6 Å². The Morgan fingerprint density at radius 2 is 2.00 bits per heavy atom. The number of hydrogen-bond donors (Lipinski definition) is 1. The normalized spacial score (nSPS) is 11.9. The Kier molecular flexibility index (Phi) is 4.13. The van der Waals surface area contributed by atoms with E-state index in [4.69, 9.17) is 5.11 Å². The predicted molar refractivity (Wildman–Crippen MR) is 80.9 cm³/mol. The van der Waals surface area contributed by atoms with Gasteiger partial charge in [-0.1, -0.05) is 13.8 Å². The number of carboxylic acids is 1. The monoisotopic (exact) mass is 282 g/mol. The van der Waals surface area contributed by atoms with Gasteiger partial charge in [0.15, 0.2) is 0 Å². The molecule has 0 bridgehead atoms. The van der Waals surface area contributed by atoms with Gasteiger partial charge in [0.05, 0.1) is 11.1 Å². The van der Waals surface area contributed by atoms with E-state index in [0.29, 0.717) is 11.5 Å². The van der Waals surface area contributed by atoms with E-state index in [9.17, 15) is 10.1 Å². The number of hydrogen-bond acceptors (Lipinski definition) is 2. The Hall–Kier alpha value is -2.54. The van der Waals surface area contributed by atoms with Gasteiger partial charge in [-0.05, 0) is 49.1 Å². The van der Waals surface area contributed by atoms with Crippen LogP contribution in [0, 0.1) is 18.3 Å². The molecule has 0 amide bonds. The second-order valence-corrected chi connectivity index (χ2v) is 5.18. The quantitative estimate of drug-likeness (QED) is 0.925. The molecule has 2 rings (SSSR count). The molecule has 1 aromatic carbocycles. The molecule has 1 heterocycles. The van der Waals surface area contributed by atoms with Gasteiger partial charge < -0.3 is 9.67 Å². The van der Waals surface area contributed by atoms with E-state index < -0.39 is 5.97 Å². The van der Waals surface area contributed by atoms with Crippen LogP contribution in [0.5, 0.6) is 0 Å². The van der Waals surface area contributed by atoms with Crippen LogP contribution in [-0.4, -0.2) is 15.6 Å². The lowest BCUT2D eigenvalue weighted by atomic mass is 9.96. The van der Waals surface area contributed by atoms with Crippen LogP contribution in [0.2, 0.25) is 0 Å². The molecule has 1 N–H and O–H groups in total. The molecule has 108 valence electrons. The van der Waals surface area contributed by atoms with Crippen molar-refractivity contribution in [3.63, 3.8) is 0 Å². The van der Waals surface area contributed by atoms with Gasteiger partial charge in [-0.25, -0.2) is 4.79 Å². The maximum absolute atomic E-state index is 10.9. The zero-order chi connectivity index (χ0) is 15.6. The highest BCUT2D eigenvalue weighted by molar-refractivity contribution is 5.87. The first-order chi connectivity index (χ1) is 9.99. The number of benzene rings is 1. The lowest BCUT2D eigenvalue weighted by Crippen LogP contribution is -2.00. The largest absolute Gasteiger partial charge is 0.478 e. The molecular formula is C17H18N2O2. The molecule has 0 spiro atoms. The van der Waals surface area contributed by atoms with Gasteiger partial charge in [0.2, 0.25) is 0 Å². The van der Waals surface area contributed by atoms with E-state index in [-0.39, 0.29) is 5.56 Å². The van der Waals surface area contributed by atoms with E-state index in [1.807, 2.05) is 17.7 Å². The molecular weight excluding hydrogens is 264 g/mol. The minimum absolute atomic E-state index is 0.256. The number of nitrogens with zero attached hydrogens (tertiary/aromatic N) is 2. The molecule has 0 fully saturated rings. The van der Waals surface area contributed by atoms with Crippen molar-refractivity contribution in [2.75, 3.05) is 0 Å². The van der Waals surface area contributed by atoms with Crippen molar-refractivity contribution in [3.8, 4) is 11.8 Å². The van der Waals surface area contributed by atoms with Crippen LogP contribution in [-0.2, 0) is 0 Å².